The minimum Gasteiger partial charge on any atom is -0.327 e. The average molecular weight is 278 g/mol. The third-order valence-corrected chi connectivity index (χ3v) is 4.98. The molecule has 1 aliphatic carbocycles. The molecule has 0 amide bonds. The summed E-state index contributed by atoms with van der Waals surface area (Å²) in [5, 5.41) is -0.189. The van der Waals surface area contributed by atoms with Crippen LogP contribution in [0.2, 0.25) is 5.02 Å². The van der Waals surface area contributed by atoms with Gasteiger partial charge in [-0.2, -0.15) is 0 Å². The van der Waals surface area contributed by atoms with Gasteiger partial charge < -0.3 is 5.73 Å². The van der Waals surface area contributed by atoms with Crippen LogP contribution in [-0.4, -0.2) is 20.2 Å². The van der Waals surface area contributed by atoms with Gasteiger partial charge in [0.25, 0.3) is 0 Å². The second-order valence-electron chi connectivity index (χ2n) is 4.36. The molecule has 6 heteroatoms. The number of benzene rings is 1. The van der Waals surface area contributed by atoms with E-state index in [4.69, 9.17) is 17.3 Å². The van der Waals surface area contributed by atoms with Gasteiger partial charge in [-0.25, -0.2) is 12.8 Å². The van der Waals surface area contributed by atoms with Crippen molar-refractivity contribution >= 4 is 21.4 Å². The van der Waals surface area contributed by atoms with Crippen LogP contribution < -0.4 is 5.73 Å². The largest absolute Gasteiger partial charge is 0.327 e. The van der Waals surface area contributed by atoms with Gasteiger partial charge >= 0.3 is 0 Å². The molecule has 2 N–H and O–H groups in total. The molecule has 17 heavy (non-hydrogen) atoms. The lowest BCUT2D eigenvalue weighted by molar-refractivity contribution is 0.573. The predicted molar refractivity (Wildman–Crippen MR) is 64.2 cm³/mol. The van der Waals surface area contributed by atoms with Crippen molar-refractivity contribution < 1.29 is 12.8 Å². The SMILES string of the molecule is NC(CS(=O)(=O)c1ccc(F)c(Cl)c1)C1CC1. The summed E-state index contributed by atoms with van der Waals surface area (Å²) in [6.07, 6.45) is 1.97. The molecular weight excluding hydrogens is 265 g/mol. The van der Waals surface area contributed by atoms with Crippen molar-refractivity contribution in [3.63, 3.8) is 0 Å². The van der Waals surface area contributed by atoms with E-state index < -0.39 is 15.7 Å². The topological polar surface area (TPSA) is 60.2 Å². The molecule has 1 aromatic rings. The molecule has 0 heterocycles. The van der Waals surface area contributed by atoms with Crippen LogP contribution in [0.25, 0.3) is 0 Å². The normalized spacial score (nSPS) is 18.1. The standard InChI is InChI=1S/C11H13ClFNO2S/c12-9-5-8(3-4-10(9)13)17(15,16)6-11(14)7-1-2-7/h3-5,7,11H,1-2,6,14H2. The summed E-state index contributed by atoms with van der Waals surface area (Å²) < 4.78 is 36.9. The van der Waals surface area contributed by atoms with Crippen LogP contribution in [0.3, 0.4) is 0 Å². The smallest absolute Gasteiger partial charge is 0.179 e. The highest BCUT2D eigenvalue weighted by atomic mass is 35.5. The van der Waals surface area contributed by atoms with Crippen molar-refractivity contribution in [3.05, 3.63) is 29.0 Å². The second-order valence-corrected chi connectivity index (χ2v) is 6.80. The first-order valence-corrected chi connectivity index (χ1v) is 7.36. The van der Waals surface area contributed by atoms with Crippen LogP contribution in [0.5, 0.6) is 0 Å². The molecule has 3 nitrogen and oxygen atoms in total. The summed E-state index contributed by atoms with van der Waals surface area (Å²) in [5.41, 5.74) is 5.78. The maximum absolute atomic E-state index is 12.9. The maximum Gasteiger partial charge on any atom is 0.179 e. The van der Waals surface area contributed by atoms with Gasteiger partial charge in [0.05, 0.1) is 15.7 Å². The van der Waals surface area contributed by atoms with E-state index in [1.54, 1.807) is 0 Å². The Labute approximate surface area is 105 Å². The fraction of sp³-hybridized carbons (Fsp3) is 0.455. The molecule has 0 spiro atoms. The Balaban J connectivity index is 2.21. The zero-order chi connectivity index (χ0) is 12.6. The summed E-state index contributed by atoms with van der Waals surface area (Å²) >= 11 is 5.56. The molecule has 0 aromatic heterocycles. The number of nitrogens with two attached hydrogens (primary N) is 1. The van der Waals surface area contributed by atoms with Crippen molar-refractivity contribution in [1.82, 2.24) is 0 Å². The van der Waals surface area contributed by atoms with E-state index in [1.165, 1.54) is 6.07 Å². The quantitative estimate of drug-likeness (QED) is 0.856. The highest BCUT2D eigenvalue weighted by Crippen LogP contribution is 2.33. The molecule has 94 valence electrons. The lowest BCUT2D eigenvalue weighted by Crippen LogP contribution is -2.31. The number of halogens is 2. The third-order valence-electron chi connectivity index (χ3n) is 2.89. The van der Waals surface area contributed by atoms with Crippen LogP contribution in [0.1, 0.15) is 12.8 Å². The average Bonchev–Trinajstić information content (AvgIpc) is 3.04. The van der Waals surface area contributed by atoms with E-state index >= 15 is 0 Å². The Morgan fingerprint density at radius 1 is 1.47 bits per heavy atom. The van der Waals surface area contributed by atoms with E-state index in [0.29, 0.717) is 5.92 Å². The molecule has 0 aliphatic heterocycles. The molecule has 2 rings (SSSR count). The van der Waals surface area contributed by atoms with Crippen molar-refractivity contribution in [2.75, 3.05) is 5.75 Å². The van der Waals surface area contributed by atoms with Crippen LogP contribution in [0, 0.1) is 11.7 Å². The van der Waals surface area contributed by atoms with Gasteiger partial charge in [0.15, 0.2) is 9.84 Å². The molecule has 1 aromatic carbocycles. The molecule has 0 bridgehead atoms. The Kier molecular flexibility index (Phi) is 3.43. The Morgan fingerprint density at radius 2 is 2.12 bits per heavy atom. The van der Waals surface area contributed by atoms with Crippen molar-refractivity contribution in [2.45, 2.75) is 23.8 Å². The summed E-state index contributed by atoms with van der Waals surface area (Å²) in [6.45, 7) is 0. The summed E-state index contributed by atoms with van der Waals surface area (Å²) in [6, 6.07) is 3.06. The molecule has 0 radical (unpaired) electrons. The fourth-order valence-electron chi connectivity index (χ4n) is 1.68. The lowest BCUT2D eigenvalue weighted by atomic mass is 10.2. The van der Waals surface area contributed by atoms with E-state index in [9.17, 15) is 12.8 Å². The molecule has 1 atom stereocenters. The highest BCUT2D eigenvalue weighted by Gasteiger charge is 2.32. The number of hydrogen-bond donors (Lipinski definition) is 1. The summed E-state index contributed by atoms with van der Waals surface area (Å²) in [7, 11) is -3.48. The highest BCUT2D eigenvalue weighted by molar-refractivity contribution is 7.91. The first-order valence-electron chi connectivity index (χ1n) is 5.33. The Hall–Kier alpha value is -0.650. The van der Waals surface area contributed by atoms with Gasteiger partial charge in [-0.05, 0) is 37.0 Å². The van der Waals surface area contributed by atoms with E-state index in [2.05, 4.69) is 0 Å². The van der Waals surface area contributed by atoms with Gasteiger partial charge in [-0.3, -0.25) is 0 Å². The first-order chi connectivity index (χ1) is 7.90. The fourth-order valence-corrected chi connectivity index (χ4v) is 3.47. The van der Waals surface area contributed by atoms with Crippen LogP contribution >= 0.6 is 11.6 Å². The minimum absolute atomic E-state index is 0.0278. The van der Waals surface area contributed by atoms with Crippen LogP contribution in [0.4, 0.5) is 4.39 Å². The van der Waals surface area contributed by atoms with Gasteiger partial charge in [-0.1, -0.05) is 11.6 Å². The van der Waals surface area contributed by atoms with Gasteiger partial charge in [0, 0.05) is 6.04 Å². The van der Waals surface area contributed by atoms with E-state index in [0.717, 1.165) is 25.0 Å². The van der Waals surface area contributed by atoms with E-state index in [1.807, 2.05) is 0 Å². The predicted octanol–water partition coefficient (Wildman–Crippen LogP) is 1.99. The molecule has 1 aliphatic rings. The molecule has 1 saturated carbocycles. The second kappa shape index (κ2) is 4.55. The van der Waals surface area contributed by atoms with E-state index in [-0.39, 0.29) is 21.7 Å². The zero-order valence-corrected chi connectivity index (χ0v) is 10.6. The minimum atomic E-state index is -3.48. The molecular formula is C11H13ClFNO2S. The number of hydrogen-bond acceptors (Lipinski definition) is 3. The molecule has 1 fully saturated rings. The van der Waals surface area contributed by atoms with Crippen LogP contribution in [-0.2, 0) is 9.84 Å². The summed E-state index contributed by atoms with van der Waals surface area (Å²) in [5.74, 6) is -0.433. The number of sulfone groups is 1. The zero-order valence-electron chi connectivity index (χ0n) is 9.07. The molecule has 0 saturated heterocycles. The molecule has 1 unspecified atom stereocenters. The Morgan fingerprint density at radius 3 is 2.65 bits per heavy atom. The maximum atomic E-state index is 12.9. The number of rotatable bonds is 4. The first kappa shape index (κ1) is 12.8. The van der Waals surface area contributed by atoms with Crippen LogP contribution in [0.15, 0.2) is 23.1 Å². The lowest BCUT2D eigenvalue weighted by Gasteiger charge is -2.11. The monoisotopic (exact) mass is 277 g/mol. The van der Waals surface area contributed by atoms with Crippen molar-refractivity contribution in [1.29, 1.82) is 0 Å². The van der Waals surface area contributed by atoms with Gasteiger partial charge in [-0.15, -0.1) is 0 Å². The third kappa shape index (κ3) is 2.97. The Bertz CT molecular complexity index is 528. The van der Waals surface area contributed by atoms with Crippen molar-refractivity contribution in [2.24, 2.45) is 11.7 Å². The summed E-state index contributed by atoms with van der Waals surface area (Å²) in [4.78, 5) is 0.0278. The van der Waals surface area contributed by atoms with Gasteiger partial charge in [0.1, 0.15) is 5.82 Å². The van der Waals surface area contributed by atoms with Gasteiger partial charge in [0.2, 0.25) is 0 Å². The van der Waals surface area contributed by atoms with Crippen molar-refractivity contribution in [3.8, 4) is 0 Å².